The fraction of sp³-hybridized carbons (Fsp3) is 0.583. The van der Waals surface area contributed by atoms with Crippen LogP contribution in [0.2, 0.25) is 0 Å². The smallest absolute Gasteiger partial charge is 0.0718 e. The van der Waals surface area contributed by atoms with Gasteiger partial charge < -0.3 is 15.2 Å². The van der Waals surface area contributed by atoms with Gasteiger partial charge in [0, 0.05) is 25.3 Å². The Labute approximate surface area is 95.8 Å². The van der Waals surface area contributed by atoms with Gasteiger partial charge in [0.15, 0.2) is 0 Å². The van der Waals surface area contributed by atoms with Crippen LogP contribution < -0.4 is 5.73 Å². The molecule has 1 fully saturated rings. The fourth-order valence-corrected chi connectivity index (χ4v) is 1.79. The van der Waals surface area contributed by atoms with Crippen LogP contribution in [0.5, 0.6) is 0 Å². The number of rotatable bonds is 5. The second-order valence-corrected chi connectivity index (χ2v) is 4.10. The number of aromatic nitrogens is 1. The second kappa shape index (κ2) is 5.94. The molecule has 1 aliphatic heterocycles. The van der Waals surface area contributed by atoms with E-state index in [4.69, 9.17) is 15.2 Å². The van der Waals surface area contributed by atoms with Gasteiger partial charge in [-0.1, -0.05) is 0 Å². The highest BCUT2D eigenvalue weighted by Gasteiger charge is 2.15. The lowest BCUT2D eigenvalue weighted by Crippen LogP contribution is -2.09. The number of nitrogens with zero attached hydrogens (tertiary/aromatic N) is 1. The molecular weight excluding hydrogens is 204 g/mol. The van der Waals surface area contributed by atoms with Crippen LogP contribution in [0, 0.1) is 5.92 Å². The molecule has 1 unspecified atom stereocenters. The summed E-state index contributed by atoms with van der Waals surface area (Å²) in [5, 5.41) is 0. The Kier molecular flexibility index (Phi) is 4.27. The van der Waals surface area contributed by atoms with E-state index in [2.05, 4.69) is 4.98 Å². The van der Waals surface area contributed by atoms with Crippen LogP contribution in [0.3, 0.4) is 0 Å². The van der Waals surface area contributed by atoms with E-state index >= 15 is 0 Å². The first-order chi connectivity index (χ1) is 7.88. The molecule has 1 aliphatic rings. The minimum atomic E-state index is 0.476. The third-order valence-corrected chi connectivity index (χ3v) is 2.74. The van der Waals surface area contributed by atoms with Crippen molar-refractivity contribution in [2.75, 3.05) is 19.8 Å². The zero-order valence-corrected chi connectivity index (χ0v) is 9.39. The van der Waals surface area contributed by atoms with Crippen LogP contribution in [0.1, 0.15) is 17.7 Å². The lowest BCUT2D eigenvalue weighted by atomic mass is 10.1. The van der Waals surface area contributed by atoms with Crippen molar-refractivity contribution in [1.82, 2.24) is 4.98 Å². The normalized spacial score (nSPS) is 20.2. The molecule has 0 bridgehead atoms. The Morgan fingerprint density at radius 2 is 2.50 bits per heavy atom. The van der Waals surface area contributed by atoms with Crippen LogP contribution in [0.4, 0.5) is 0 Å². The number of nitrogens with two attached hydrogens (primary N) is 1. The van der Waals surface area contributed by atoms with Crippen LogP contribution in [-0.2, 0) is 22.6 Å². The number of ether oxygens (including phenoxy) is 2. The molecule has 2 rings (SSSR count). The topological polar surface area (TPSA) is 57.4 Å². The molecule has 1 atom stereocenters. The van der Waals surface area contributed by atoms with E-state index in [9.17, 15) is 0 Å². The molecule has 1 saturated heterocycles. The lowest BCUT2D eigenvalue weighted by molar-refractivity contribution is 0.0791. The van der Waals surface area contributed by atoms with E-state index in [0.29, 0.717) is 19.1 Å². The van der Waals surface area contributed by atoms with Gasteiger partial charge in [-0.15, -0.1) is 0 Å². The Bertz CT molecular complexity index is 325. The maximum Gasteiger partial charge on any atom is 0.0718 e. The zero-order chi connectivity index (χ0) is 11.2. The van der Waals surface area contributed by atoms with Gasteiger partial charge in [-0.05, 0) is 24.1 Å². The van der Waals surface area contributed by atoms with Crippen molar-refractivity contribution in [1.29, 1.82) is 0 Å². The molecule has 0 aliphatic carbocycles. The molecule has 0 amide bonds. The monoisotopic (exact) mass is 222 g/mol. The van der Waals surface area contributed by atoms with Gasteiger partial charge in [0.2, 0.25) is 0 Å². The SMILES string of the molecule is NCc1cc(COCC2CCOC2)ccn1. The average Bonchev–Trinajstić information content (AvgIpc) is 2.82. The Balaban J connectivity index is 1.75. The highest BCUT2D eigenvalue weighted by molar-refractivity contribution is 5.15. The minimum absolute atomic E-state index is 0.476. The van der Waals surface area contributed by atoms with Crippen LogP contribution >= 0.6 is 0 Å². The third-order valence-electron chi connectivity index (χ3n) is 2.74. The van der Waals surface area contributed by atoms with E-state index in [0.717, 1.165) is 37.5 Å². The standard InChI is InChI=1S/C12H18N2O2/c13-6-12-5-10(1-3-14-12)7-16-9-11-2-4-15-8-11/h1,3,5,11H,2,4,6-9,13H2. The Morgan fingerprint density at radius 1 is 1.56 bits per heavy atom. The van der Waals surface area contributed by atoms with Gasteiger partial charge in [0.25, 0.3) is 0 Å². The predicted molar refractivity (Wildman–Crippen MR) is 60.7 cm³/mol. The van der Waals surface area contributed by atoms with E-state index in [1.54, 1.807) is 6.20 Å². The first-order valence-electron chi connectivity index (χ1n) is 5.68. The quantitative estimate of drug-likeness (QED) is 0.810. The molecule has 0 saturated carbocycles. The van der Waals surface area contributed by atoms with E-state index in [1.165, 1.54) is 0 Å². The van der Waals surface area contributed by atoms with Crippen LogP contribution in [-0.4, -0.2) is 24.8 Å². The largest absolute Gasteiger partial charge is 0.381 e. The summed E-state index contributed by atoms with van der Waals surface area (Å²) in [5.74, 6) is 0.566. The first-order valence-corrected chi connectivity index (χ1v) is 5.68. The summed E-state index contributed by atoms with van der Waals surface area (Å²) in [6.45, 7) is 3.60. The summed E-state index contributed by atoms with van der Waals surface area (Å²) < 4.78 is 10.9. The second-order valence-electron chi connectivity index (χ2n) is 4.10. The van der Waals surface area contributed by atoms with Crippen molar-refractivity contribution in [3.8, 4) is 0 Å². The molecule has 4 heteroatoms. The van der Waals surface area contributed by atoms with E-state index in [-0.39, 0.29) is 0 Å². The lowest BCUT2D eigenvalue weighted by Gasteiger charge is -2.09. The minimum Gasteiger partial charge on any atom is -0.381 e. The van der Waals surface area contributed by atoms with Crippen molar-refractivity contribution < 1.29 is 9.47 Å². The van der Waals surface area contributed by atoms with Gasteiger partial charge in [0.1, 0.15) is 0 Å². The van der Waals surface area contributed by atoms with Gasteiger partial charge in [-0.3, -0.25) is 4.98 Å². The van der Waals surface area contributed by atoms with Gasteiger partial charge in [0.05, 0.1) is 25.5 Å². The van der Waals surface area contributed by atoms with Crippen LogP contribution in [0.25, 0.3) is 0 Å². The molecule has 16 heavy (non-hydrogen) atoms. The molecule has 2 N–H and O–H groups in total. The van der Waals surface area contributed by atoms with Crippen molar-refractivity contribution in [2.24, 2.45) is 11.7 Å². The van der Waals surface area contributed by atoms with Gasteiger partial charge in [-0.2, -0.15) is 0 Å². The fourth-order valence-electron chi connectivity index (χ4n) is 1.79. The molecule has 0 aromatic carbocycles. The molecule has 1 aromatic heterocycles. The van der Waals surface area contributed by atoms with Crippen molar-refractivity contribution in [3.05, 3.63) is 29.6 Å². The third kappa shape index (κ3) is 3.27. The predicted octanol–water partition coefficient (Wildman–Crippen LogP) is 1.09. The van der Waals surface area contributed by atoms with Crippen molar-refractivity contribution >= 4 is 0 Å². The maximum atomic E-state index is 5.65. The maximum absolute atomic E-state index is 5.65. The molecule has 0 spiro atoms. The Morgan fingerprint density at radius 3 is 3.25 bits per heavy atom. The summed E-state index contributed by atoms with van der Waals surface area (Å²) >= 11 is 0. The van der Waals surface area contributed by atoms with E-state index in [1.807, 2.05) is 12.1 Å². The molecule has 0 radical (unpaired) electrons. The first kappa shape index (κ1) is 11.5. The van der Waals surface area contributed by atoms with Crippen molar-refractivity contribution in [2.45, 2.75) is 19.6 Å². The molecule has 88 valence electrons. The molecule has 1 aromatic rings. The number of hydrogen-bond donors (Lipinski definition) is 1. The highest BCUT2D eigenvalue weighted by Crippen LogP contribution is 2.13. The summed E-state index contributed by atoms with van der Waals surface area (Å²) in [6, 6.07) is 3.95. The number of pyridine rings is 1. The van der Waals surface area contributed by atoms with Gasteiger partial charge >= 0.3 is 0 Å². The van der Waals surface area contributed by atoms with Crippen molar-refractivity contribution in [3.63, 3.8) is 0 Å². The van der Waals surface area contributed by atoms with Crippen LogP contribution in [0.15, 0.2) is 18.3 Å². The molecule has 4 nitrogen and oxygen atoms in total. The van der Waals surface area contributed by atoms with Gasteiger partial charge in [-0.25, -0.2) is 0 Å². The summed E-state index contributed by atoms with van der Waals surface area (Å²) in [5.41, 5.74) is 7.57. The zero-order valence-electron chi connectivity index (χ0n) is 9.39. The highest BCUT2D eigenvalue weighted by atomic mass is 16.5. The number of hydrogen-bond acceptors (Lipinski definition) is 4. The van der Waals surface area contributed by atoms with E-state index < -0.39 is 0 Å². The average molecular weight is 222 g/mol. The Hall–Kier alpha value is -0.970. The summed E-state index contributed by atoms with van der Waals surface area (Å²) in [7, 11) is 0. The summed E-state index contributed by atoms with van der Waals surface area (Å²) in [6.07, 6.45) is 2.89. The molecular formula is C12H18N2O2. The molecule has 2 heterocycles. The summed E-state index contributed by atoms with van der Waals surface area (Å²) in [4.78, 5) is 4.14.